The number of benzene rings is 1. The van der Waals surface area contributed by atoms with Gasteiger partial charge in [0.1, 0.15) is 4.90 Å². The van der Waals surface area contributed by atoms with Crippen LogP contribution in [0.4, 0.5) is 29.2 Å². The van der Waals surface area contributed by atoms with E-state index in [-0.39, 0.29) is 47.6 Å². The summed E-state index contributed by atoms with van der Waals surface area (Å²) < 4.78 is 40.3. The Morgan fingerprint density at radius 3 is 1.64 bits per heavy atom. The molecule has 6 rings (SSSR count). The summed E-state index contributed by atoms with van der Waals surface area (Å²) in [5, 5.41) is 3.34. The van der Waals surface area contributed by atoms with Gasteiger partial charge < -0.3 is 54.1 Å². The van der Waals surface area contributed by atoms with Gasteiger partial charge in [-0.15, -0.1) is 12.4 Å². The van der Waals surface area contributed by atoms with Gasteiger partial charge in [0.25, 0.3) is 0 Å². The number of anilines is 5. The molecule has 1 aromatic heterocycles. The van der Waals surface area contributed by atoms with Gasteiger partial charge in [-0.1, -0.05) is 0 Å². The van der Waals surface area contributed by atoms with Crippen LogP contribution in [0.3, 0.4) is 0 Å². The SMILES string of the molecule is Cl.N.N.N.N.O=S(=O)(c1cc(Nc2nc(N3CCCCC3)nc(N3CCCCC3)n2)ccc1N1CCOCC1)N1CCOCC1.[HH].[HH].[HH].[HH]. The van der Waals surface area contributed by atoms with E-state index in [9.17, 15) is 8.42 Å². The number of nitrogens with zero attached hydrogens (tertiary/aromatic N) is 7. The lowest BCUT2D eigenvalue weighted by molar-refractivity contribution is 0.0730. The average Bonchev–Trinajstić information content (AvgIpc) is 3.02. The minimum Gasteiger partial charge on any atom is -0.379 e. The third-order valence-electron chi connectivity index (χ3n) is 8.05. The van der Waals surface area contributed by atoms with Crippen molar-refractivity contribution in [1.82, 2.24) is 43.9 Å². The molecule has 4 fully saturated rings. The number of nitrogens with one attached hydrogen (secondary N) is 1. The van der Waals surface area contributed by atoms with Crippen molar-refractivity contribution in [3.8, 4) is 0 Å². The molecule has 0 saturated carbocycles. The zero-order chi connectivity index (χ0) is 27.4. The van der Waals surface area contributed by atoms with E-state index in [1.807, 2.05) is 12.1 Å². The molecule has 2 aromatic rings. The van der Waals surface area contributed by atoms with Gasteiger partial charge in [-0.05, 0) is 56.7 Å². The highest BCUT2D eigenvalue weighted by Crippen LogP contribution is 2.33. The van der Waals surface area contributed by atoms with Gasteiger partial charge in [-0.25, -0.2) is 8.42 Å². The van der Waals surface area contributed by atoms with Crippen molar-refractivity contribution in [3.63, 3.8) is 0 Å². The third-order valence-corrected chi connectivity index (χ3v) is 9.97. The van der Waals surface area contributed by atoms with Crippen LogP contribution in [-0.4, -0.2) is 106 Å². The van der Waals surface area contributed by atoms with E-state index in [0.29, 0.717) is 81.8 Å². The molecule has 5 heterocycles. The minimum absolute atomic E-state index is 0. The van der Waals surface area contributed by atoms with Crippen LogP contribution in [0.2, 0.25) is 0 Å². The number of morpholine rings is 2. The lowest BCUT2D eigenvalue weighted by atomic mass is 10.1. The van der Waals surface area contributed by atoms with E-state index in [4.69, 9.17) is 24.4 Å². The smallest absolute Gasteiger partial charge is 0.245 e. The molecule has 4 saturated heterocycles. The largest absolute Gasteiger partial charge is 0.379 e. The average molecular weight is 685 g/mol. The molecular formula is C27H61ClN12O4S. The standard InChI is InChI=1S/C27H40N8O4S.ClH.4H3N.4H2/c36-40(37,35-15-19-39-20-16-35)24-21-22(7-8-23(24)32-13-17-38-18-14-32)28-25-29-26(33-9-3-1-4-10-33)31-27(30-25)34-11-5-2-6-12-34;;;;;;;;;/h7-8,21H,1-6,9-20H2,(H,28,29,30,31);1H;4*1H3;4*1H. The third kappa shape index (κ3) is 9.46. The Bertz CT molecular complexity index is 1250. The maximum atomic E-state index is 13.9. The number of hydrogen-bond donors (Lipinski definition) is 5. The van der Waals surface area contributed by atoms with Crippen molar-refractivity contribution in [2.75, 3.05) is 98.8 Å². The molecule has 4 aliphatic rings. The molecule has 1 aromatic carbocycles. The van der Waals surface area contributed by atoms with Crippen molar-refractivity contribution in [1.29, 1.82) is 0 Å². The van der Waals surface area contributed by atoms with E-state index in [1.165, 1.54) is 17.1 Å². The van der Waals surface area contributed by atoms with Gasteiger partial charge in [0.05, 0.1) is 32.1 Å². The molecule has 0 spiro atoms. The molecule has 4 aliphatic heterocycles. The van der Waals surface area contributed by atoms with Crippen molar-refractivity contribution in [2.45, 2.75) is 43.4 Å². The predicted octanol–water partition coefficient (Wildman–Crippen LogP) is 4.51. The van der Waals surface area contributed by atoms with Gasteiger partial charge in [-0.3, -0.25) is 0 Å². The second-order valence-corrected chi connectivity index (χ2v) is 12.7. The van der Waals surface area contributed by atoms with Crippen LogP contribution in [0.1, 0.15) is 44.2 Å². The lowest BCUT2D eigenvalue weighted by Gasteiger charge is -2.33. The summed E-state index contributed by atoms with van der Waals surface area (Å²) in [6.45, 7) is 7.62. The van der Waals surface area contributed by atoms with Crippen LogP contribution >= 0.6 is 12.4 Å². The van der Waals surface area contributed by atoms with E-state index in [1.54, 1.807) is 6.07 Å². The van der Waals surface area contributed by atoms with Crippen LogP contribution in [0.15, 0.2) is 23.1 Å². The highest BCUT2D eigenvalue weighted by molar-refractivity contribution is 7.89. The topological polar surface area (TPSA) is 256 Å². The molecule has 0 amide bonds. The molecule has 0 radical (unpaired) electrons. The Balaban J connectivity index is -0.00000112. The maximum absolute atomic E-state index is 13.9. The van der Waals surface area contributed by atoms with Crippen molar-refractivity contribution >= 4 is 51.7 Å². The lowest BCUT2D eigenvalue weighted by Crippen LogP contribution is -2.42. The first kappa shape index (κ1) is 40.4. The summed E-state index contributed by atoms with van der Waals surface area (Å²) in [6, 6.07) is 5.52. The molecule has 0 unspecified atom stereocenters. The Kier molecular flexibility index (Phi) is 16.6. The summed E-state index contributed by atoms with van der Waals surface area (Å²) in [7, 11) is -3.75. The molecule has 0 atom stereocenters. The first-order valence-corrected chi connectivity index (χ1v) is 16.1. The van der Waals surface area contributed by atoms with Gasteiger partial charge in [0.2, 0.25) is 27.9 Å². The highest BCUT2D eigenvalue weighted by atomic mass is 35.5. The van der Waals surface area contributed by atoms with Crippen LogP contribution in [-0.2, 0) is 19.5 Å². The number of sulfonamides is 1. The van der Waals surface area contributed by atoms with E-state index >= 15 is 0 Å². The summed E-state index contributed by atoms with van der Waals surface area (Å²) in [5.41, 5.74) is 1.32. The molecule has 16 nitrogen and oxygen atoms in total. The molecule has 0 bridgehead atoms. The van der Waals surface area contributed by atoms with Crippen molar-refractivity contribution in [2.24, 2.45) is 0 Å². The van der Waals surface area contributed by atoms with Gasteiger partial charge >= 0.3 is 0 Å². The first-order valence-electron chi connectivity index (χ1n) is 14.7. The minimum atomic E-state index is -3.75. The molecular weight excluding hydrogens is 624 g/mol. The van der Waals surface area contributed by atoms with E-state index in [0.717, 1.165) is 51.9 Å². The Morgan fingerprint density at radius 2 is 1.13 bits per heavy atom. The fraction of sp³-hybridized carbons (Fsp3) is 0.667. The van der Waals surface area contributed by atoms with Crippen LogP contribution in [0, 0.1) is 0 Å². The monoisotopic (exact) mass is 684 g/mol. The Hall–Kier alpha value is -2.61. The van der Waals surface area contributed by atoms with Crippen LogP contribution in [0.5, 0.6) is 0 Å². The fourth-order valence-corrected chi connectivity index (χ4v) is 7.44. The zero-order valence-corrected chi connectivity index (χ0v) is 28.0. The van der Waals surface area contributed by atoms with Gasteiger partial charge in [0, 0.05) is 63.8 Å². The molecule has 0 aliphatic carbocycles. The molecule has 18 heteroatoms. The second kappa shape index (κ2) is 18.5. The number of piperidine rings is 2. The summed E-state index contributed by atoms with van der Waals surface area (Å²) in [4.78, 5) is 21.3. The quantitative estimate of drug-likeness (QED) is 0.269. The second-order valence-electron chi connectivity index (χ2n) is 10.8. The number of ether oxygens (including phenoxy) is 2. The fourth-order valence-electron chi connectivity index (χ4n) is 5.80. The van der Waals surface area contributed by atoms with Crippen molar-refractivity contribution < 1.29 is 23.6 Å². The van der Waals surface area contributed by atoms with E-state index < -0.39 is 10.0 Å². The molecule has 45 heavy (non-hydrogen) atoms. The van der Waals surface area contributed by atoms with Gasteiger partial charge in [-0.2, -0.15) is 19.3 Å². The van der Waals surface area contributed by atoms with Crippen molar-refractivity contribution in [3.05, 3.63) is 18.2 Å². The summed E-state index contributed by atoms with van der Waals surface area (Å²) in [6.07, 6.45) is 6.94. The zero-order valence-electron chi connectivity index (χ0n) is 26.4. The molecule has 266 valence electrons. The highest BCUT2D eigenvalue weighted by Gasteiger charge is 2.31. The number of hydrogen-bond acceptors (Lipinski definition) is 15. The van der Waals surface area contributed by atoms with E-state index in [2.05, 4.69) is 20.0 Å². The van der Waals surface area contributed by atoms with Crippen LogP contribution in [0.25, 0.3) is 0 Å². The summed E-state index contributed by atoms with van der Waals surface area (Å²) in [5.74, 6) is 1.80. The number of halogens is 1. The normalized spacial score (nSPS) is 19.1. The van der Waals surface area contributed by atoms with Crippen LogP contribution < -0.4 is 44.6 Å². The number of aromatic nitrogens is 3. The first-order chi connectivity index (χ1) is 19.6. The summed E-state index contributed by atoms with van der Waals surface area (Å²) >= 11 is 0. The van der Waals surface area contributed by atoms with Gasteiger partial charge in [0.15, 0.2) is 0 Å². The maximum Gasteiger partial charge on any atom is 0.245 e. The Labute approximate surface area is 279 Å². The number of rotatable bonds is 7. The predicted molar refractivity (Wildman–Crippen MR) is 190 cm³/mol. The Morgan fingerprint density at radius 1 is 0.644 bits per heavy atom. The molecule has 13 N–H and O–H groups in total.